The van der Waals surface area contributed by atoms with E-state index in [0.29, 0.717) is 6.71 Å². The fourth-order valence-electron chi connectivity index (χ4n) is 3.98. The first-order valence-corrected chi connectivity index (χ1v) is 12.4. The zero-order valence-electron chi connectivity index (χ0n) is 21.1. The number of nitrogens with zero attached hydrogens (tertiary/aromatic N) is 1. The van der Waals surface area contributed by atoms with E-state index in [-0.39, 0.29) is 0 Å². The summed E-state index contributed by atoms with van der Waals surface area (Å²) in [7, 11) is 8.50. The molecule has 0 fully saturated rings. The van der Waals surface area contributed by atoms with Crippen LogP contribution in [0.15, 0.2) is 84.9 Å². The predicted molar refractivity (Wildman–Crippen MR) is 145 cm³/mol. The minimum Gasteiger partial charge on any atom is -0.333 e. The van der Waals surface area contributed by atoms with Crippen LogP contribution in [0.4, 0.5) is 0 Å². The van der Waals surface area contributed by atoms with Crippen molar-refractivity contribution < 1.29 is 4.48 Å². The van der Waals surface area contributed by atoms with Crippen molar-refractivity contribution in [3.63, 3.8) is 0 Å². The summed E-state index contributed by atoms with van der Waals surface area (Å²) < 4.78 is 1.00. The number of aryl methyl sites for hydroxylation is 1. The van der Waals surface area contributed by atoms with E-state index in [1.807, 2.05) is 0 Å². The highest BCUT2D eigenvalue weighted by molar-refractivity contribution is 6.95. The summed E-state index contributed by atoms with van der Waals surface area (Å²) in [5, 5.41) is 0. The van der Waals surface area contributed by atoms with Crippen LogP contribution in [0.2, 0.25) is 0 Å². The molecular formula is C30H43BN+. The van der Waals surface area contributed by atoms with Crippen molar-refractivity contribution in [2.24, 2.45) is 0 Å². The smallest absolute Gasteiger partial charge is 0.241 e. The van der Waals surface area contributed by atoms with Gasteiger partial charge in [-0.25, -0.2) is 0 Å². The quantitative estimate of drug-likeness (QED) is 0.230. The zero-order valence-corrected chi connectivity index (χ0v) is 21.1. The molecule has 3 aromatic rings. The van der Waals surface area contributed by atoms with Crippen LogP contribution in [0, 0.1) is 0 Å². The molecule has 0 N–H and O–H groups in total. The van der Waals surface area contributed by atoms with E-state index in [2.05, 4.69) is 120 Å². The van der Waals surface area contributed by atoms with E-state index in [0.717, 1.165) is 4.48 Å². The van der Waals surface area contributed by atoms with Gasteiger partial charge in [-0.1, -0.05) is 146 Å². The maximum absolute atomic E-state index is 2.33. The molecule has 0 saturated carbocycles. The number of hydrogen-bond donors (Lipinski definition) is 0. The van der Waals surface area contributed by atoms with E-state index < -0.39 is 0 Å². The molecule has 0 saturated heterocycles. The van der Waals surface area contributed by atoms with Crippen LogP contribution < -0.4 is 16.4 Å². The first-order valence-electron chi connectivity index (χ1n) is 12.4. The lowest BCUT2D eigenvalue weighted by molar-refractivity contribution is -0.849. The summed E-state index contributed by atoms with van der Waals surface area (Å²) in [6.07, 6.45) is 9.26. The Labute approximate surface area is 198 Å². The van der Waals surface area contributed by atoms with Crippen molar-refractivity contribution in [3.05, 3.63) is 90.5 Å². The summed E-state index contributed by atoms with van der Waals surface area (Å²) in [4.78, 5) is 0. The Morgan fingerprint density at radius 1 is 0.562 bits per heavy atom. The summed E-state index contributed by atoms with van der Waals surface area (Å²) in [6, 6.07) is 30.9. The Morgan fingerprint density at radius 2 is 1.00 bits per heavy atom. The maximum Gasteiger partial charge on any atom is 0.241 e. The van der Waals surface area contributed by atoms with Crippen LogP contribution in [0.25, 0.3) is 0 Å². The molecule has 0 bridgehead atoms. The summed E-state index contributed by atoms with van der Waals surface area (Å²) in [5.41, 5.74) is 5.72. The largest absolute Gasteiger partial charge is 0.333 e. The van der Waals surface area contributed by atoms with Gasteiger partial charge in [-0.15, -0.1) is 0 Å². The Morgan fingerprint density at radius 3 is 1.53 bits per heavy atom. The Kier molecular flexibility index (Phi) is 11.3. The first kappa shape index (κ1) is 25.9. The minimum absolute atomic E-state index is 0.309. The highest BCUT2D eigenvalue weighted by atomic mass is 15.2. The molecule has 2 heteroatoms. The number of hydrogen-bond acceptors (Lipinski definition) is 0. The number of benzene rings is 3. The van der Waals surface area contributed by atoms with Gasteiger partial charge in [0.2, 0.25) is 6.71 Å². The molecule has 0 spiro atoms. The molecule has 1 nitrogen and oxygen atoms in total. The van der Waals surface area contributed by atoms with Crippen molar-refractivity contribution in [2.75, 3.05) is 28.2 Å². The van der Waals surface area contributed by atoms with Crippen molar-refractivity contribution in [1.82, 2.24) is 0 Å². The molecule has 0 aromatic heterocycles. The van der Waals surface area contributed by atoms with E-state index in [4.69, 9.17) is 0 Å². The van der Waals surface area contributed by atoms with Crippen LogP contribution in [0.5, 0.6) is 0 Å². The number of quaternary nitrogens is 1. The molecule has 0 aliphatic carbocycles. The number of rotatable bonds is 10. The van der Waals surface area contributed by atoms with Gasteiger partial charge in [0.25, 0.3) is 0 Å². The van der Waals surface area contributed by atoms with E-state index in [9.17, 15) is 0 Å². The van der Waals surface area contributed by atoms with Gasteiger partial charge in [-0.05, 0) is 12.8 Å². The third-order valence-corrected chi connectivity index (χ3v) is 5.43. The molecule has 3 aromatic carbocycles. The molecule has 0 heterocycles. The molecule has 170 valence electrons. The standard InChI is InChI=1S/C26H31B.C4H12N/c1-2-3-4-5-6-9-16-23-17-14-15-22-26(23)27(24-18-10-7-11-19-24)25-20-12-8-13-21-25;1-5(2,3)4/h7-8,10-15,17-22H,2-6,9,16H2,1H3;1-4H3/q;+1. The fourth-order valence-corrected chi connectivity index (χ4v) is 3.98. The lowest BCUT2D eigenvalue weighted by Crippen LogP contribution is -2.53. The van der Waals surface area contributed by atoms with Gasteiger partial charge >= 0.3 is 0 Å². The molecule has 0 atom stereocenters. The monoisotopic (exact) mass is 428 g/mol. The predicted octanol–water partition coefficient (Wildman–Crippen LogP) is 5.43. The second-order valence-corrected chi connectivity index (χ2v) is 10.2. The van der Waals surface area contributed by atoms with Gasteiger partial charge in [-0.2, -0.15) is 0 Å². The molecule has 32 heavy (non-hydrogen) atoms. The zero-order chi connectivity index (χ0) is 23.2. The molecule has 0 aliphatic heterocycles. The van der Waals surface area contributed by atoms with E-state index >= 15 is 0 Å². The molecule has 0 aliphatic rings. The lowest BCUT2D eigenvalue weighted by atomic mass is 9.36. The molecular weight excluding hydrogens is 385 g/mol. The second kappa shape index (κ2) is 14.0. The third-order valence-electron chi connectivity index (χ3n) is 5.43. The minimum atomic E-state index is 0.309. The van der Waals surface area contributed by atoms with Crippen molar-refractivity contribution in [1.29, 1.82) is 0 Å². The van der Waals surface area contributed by atoms with Crippen LogP contribution in [-0.2, 0) is 6.42 Å². The Bertz CT molecular complexity index is 823. The Balaban J connectivity index is 0.000000654. The number of unbranched alkanes of at least 4 members (excludes halogenated alkanes) is 5. The van der Waals surface area contributed by atoms with Crippen LogP contribution in [-0.4, -0.2) is 39.4 Å². The summed E-state index contributed by atoms with van der Waals surface area (Å²) >= 11 is 0. The van der Waals surface area contributed by atoms with Crippen LogP contribution in [0.1, 0.15) is 51.0 Å². The lowest BCUT2D eigenvalue weighted by Gasteiger charge is -2.19. The molecule has 0 amide bonds. The average Bonchev–Trinajstić information content (AvgIpc) is 2.78. The highest BCUT2D eigenvalue weighted by Crippen LogP contribution is 2.10. The van der Waals surface area contributed by atoms with E-state index in [1.54, 1.807) is 0 Å². The maximum atomic E-state index is 2.33. The normalized spacial score (nSPS) is 10.9. The van der Waals surface area contributed by atoms with Gasteiger partial charge in [0.1, 0.15) is 0 Å². The summed E-state index contributed by atoms with van der Waals surface area (Å²) in [6.45, 7) is 2.59. The second-order valence-electron chi connectivity index (χ2n) is 10.2. The molecule has 3 rings (SSSR count). The molecule has 0 unspecified atom stereocenters. The van der Waals surface area contributed by atoms with Crippen molar-refractivity contribution in [2.45, 2.75) is 51.9 Å². The third kappa shape index (κ3) is 9.87. The SMILES string of the molecule is CCCCCCCCc1ccccc1B(c1ccccc1)c1ccccc1.C[N+](C)(C)C. The van der Waals surface area contributed by atoms with Crippen LogP contribution in [0.3, 0.4) is 0 Å². The van der Waals surface area contributed by atoms with Gasteiger partial charge < -0.3 is 4.48 Å². The molecule has 0 radical (unpaired) electrons. The van der Waals surface area contributed by atoms with Gasteiger partial charge in [0.05, 0.1) is 28.2 Å². The van der Waals surface area contributed by atoms with Gasteiger partial charge in [0, 0.05) is 0 Å². The average molecular weight is 428 g/mol. The first-order chi connectivity index (χ1) is 15.4. The van der Waals surface area contributed by atoms with E-state index in [1.165, 1.54) is 66.9 Å². The highest BCUT2D eigenvalue weighted by Gasteiger charge is 2.23. The Hall–Kier alpha value is -2.32. The van der Waals surface area contributed by atoms with Crippen LogP contribution >= 0.6 is 0 Å². The van der Waals surface area contributed by atoms with Crippen molar-refractivity contribution in [3.8, 4) is 0 Å². The van der Waals surface area contributed by atoms with Gasteiger partial charge in [-0.3, -0.25) is 0 Å². The van der Waals surface area contributed by atoms with Crippen molar-refractivity contribution >= 4 is 23.1 Å². The van der Waals surface area contributed by atoms with Gasteiger partial charge in [0.15, 0.2) is 0 Å². The topological polar surface area (TPSA) is 0 Å². The summed E-state index contributed by atoms with van der Waals surface area (Å²) in [5.74, 6) is 0. The fraction of sp³-hybridized carbons (Fsp3) is 0.400.